The van der Waals surface area contributed by atoms with Crippen molar-refractivity contribution in [1.82, 2.24) is 9.80 Å². The zero-order valence-corrected chi connectivity index (χ0v) is 15.0. The molecule has 158 valence electrons. The Balaban J connectivity index is 3.33. The molecule has 1 atom stereocenters. The maximum absolute atomic E-state index is 11.2. The molecule has 0 unspecified atom stereocenters. The lowest BCUT2D eigenvalue weighted by Gasteiger charge is -2.33. The van der Waals surface area contributed by atoms with Crippen molar-refractivity contribution in [2.75, 3.05) is 32.7 Å². The van der Waals surface area contributed by atoms with Crippen molar-refractivity contribution in [3.05, 3.63) is 39.9 Å². The second-order valence-electron chi connectivity index (χ2n) is 6.01. The van der Waals surface area contributed by atoms with Gasteiger partial charge in [0.25, 0.3) is 5.69 Å². The predicted octanol–water partition coefficient (Wildman–Crippen LogP) is -0.422. The number of hydrogen-bond acceptors (Lipinski definition) is 8. The highest BCUT2D eigenvalue weighted by Gasteiger charge is 2.28. The van der Waals surface area contributed by atoms with Crippen molar-refractivity contribution in [3.8, 4) is 0 Å². The molecule has 0 fully saturated rings. The van der Waals surface area contributed by atoms with Gasteiger partial charge < -0.3 is 20.4 Å². The van der Waals surface area contributed by atoms with E-state index in [2.05, 4.69) is 0 Å². The molecule has 0 saturated heterocycles. The summed E-state index contributed by atoms with van der Waals surface area (Å²) < 4.78 is 0. The van der Waals surface area contributed by atoms with Gasteiger partial charge >= 0.3 is 23.9 Å². The molecule has 1 rings (SSSR count). The standard InChI is InChI=1S/C16H19N3O10/c20-13(21)6-17(7-14(22)23)5-12(18(8-15(24)25)9-16(26)27)10-1-3-11(4-2-10)19(28)29/h1-4,12H,5-9H2,(H,20,21)(H,22,23)(H,24,25)(H,26,27)/t12-/m1/s1. The Kier molecular flexibility index (Phi) is 8.64. The van der Waals surface area contributed by atoms with Crippen LogP contribution in [-0.4, -0.2) is 91.8 Å². The van der Waals surface area contributed by atoms with Gasteiger partial charge in [0.2, 0.25) is 0 Å². The van der Waals surface area contributed by atoms with Gasteiger partial charge in [-0.25, -0.2) is 0 Å². The van der Waals surface area contributed by atoms with E-state index in [-0.39, 0.29) is 17.8 Å². The first-order valence-electron chi connectivity index (χ1n) is 8.07. The molecule has 0 radical (unpaired) electrons. The number of rotatable bonds is 13. The fraction of sp³-hybridized carbons (Fsp3) is 0.375. The van der Waals surface area contributed by atoms with Crippen LogP contribution in [-0.2, 0) is 19.2 Å². The molecule has 0 bridgehead atoms. The molecule has 0 amide bonds. The van der Waals surface area contributed by atoms with Crippen LogP contribution >= 0.6 is 0 Å². The number of benzene rings is 1. The van der Waals surface area contributed by atoms with Gasteiger partial charge in [0.15, 0.2) is 0 Å². The molecule has 1 aromatic rings. The van der Waals surface area contributed by atoms with E-state index in [4.69, 9.17) is 20.4 Å². The molecule has 13 nitrogen and oxygen atoms in total. The van der Waals surface area contributed by atoms with Crippen LogP contribution in [0.3, 0.4) is 0 Å². The van der Waals surface area contributed by atoms with Crippen LogP contribution in [0.5, 0.6) is 0 Å². The van der Waals surface area contributed by atoms with E-state index in [9.17, 15) is 29.3 Å². The molecule has 0 heterocycles. The van der Waals surface area contributed by atoms with Crippen LogP contribution in [0.1, 0.15) is 11.6 Å². The lowest BCUT2D eigenvalue weighted by atomic mass is 10.0. The van der Waals surface area contributed by atoms with Gasteiger partial charge in [0.1, 0.15) is 0 Å². The molecular weight excluding hydrogens is 394 g/mol. The smallest absolute Gasteiger partial charge is 0.317 e. The van der Waals surface area contributed by atoms with E-state index >= 15 is 0 Å². The average Bonchev–Trinajstić information content (AvgIpc) is 2.57. The van der Waals surface area contributed by atoms with Gasteiger partial charge in [-0.05, 0) is 5.56 Å². The summed E-state index contributed by atoms with van der Waals surface area (Å²) in [6.45, 7) is -3.19. The van der Waals surface area contributed by atoms with Crippen molar-refractivity contribution in [1.29, 1.82) is 0 Å². The Morgan fingerprint density at radius 3 is 1.59 bits per heavy atom. The van der Waals surface area contributed by atoms with Crippen LogP contribution in [0.2, 0.25) is 0 Å². The molecule has 0 aliphatic rings. The van der Waals surface area contributed by atoms with Gasteiger partial charge in [-0.2, -0.15) is 0 Å². The van der Waals surface area contributed by atoms with E-state index in [1.54, 1.807) is 0 Å². The van der Waals surface area contributed by atoms with E-state index in [1.807, 2.05) is 0 Å². The highest BCUT2D eigenvalue weighted by atomic mass is 16.6. The number of carboxylic acids is 4. The lowest BCUT2D eigenvalue weighted by molar-refractivity contribution is -0.384. The zero-order chi connectivity index (χ0) is 22.1. The van der Waals surface area contributed by atoms with E-state index in [1.165, 1.54) is 12.1 Å². The summed E-state index contributed by atoms with van der Waals surface area (Å²) in [5.74, 6) is -5.39. The summed E-state index contributed by atoms with van der Waals surface area (Å²) in [4.78, 5) is 56.6. The quantitative estimate of drug-likeness (QED) is 0.241. The SMILES string of the molecule is O=C(O)CN(CC(=O)O)C[C@H](c1ccc([N+](=O)[O-])cc1)N(CC(=O)O)CC(=O)O. The van der Waals surface area contributed by atoms with Crippen LogP contribution in [0.15, 0.2) is 24.3 Å². The Morgan fingerprint density at radius 1 is 0.828 bits per heavy atom. The number of aliphatic carboxylic acids is 4. The van der Waals surface area contributed by atoms with Gasteiger partial charge in [-0.1, -0.05) is 12.1 Å². The van der Waals surface area contributed by atoms with Gasteiger partial charge in [-0.15, -0.1) is 0 Å². The van der Waals surface area contributed by atoms with Gasteiger partial charge in [-0.3, -0.25) is 39.1 Å². The molecule has 4 N–H and O–H groups in total. The van der Waals surface area contributed by atoms with Crippen molar-refractivity contribution in [3.63, 3.8) is 0 Å². The predicted molar refractivity (Wildman–Crippen MR) is 94.4 cm³/mol. The van der Waals surface area contributed by atoms with Crippen LogP contribution in [0, 0.1) is 10.1 Å². The highest BCUT2D eigenvalue weighted by molar-refractivity contribution is 5.73. The molecule has 0 saturated carbocycles. The highest BCUT2D eigenvalue weighted by Crippen LogP contribution is 2.24. The number of non-ortho nitro benzene ring substituents is 1. The summed E-state index contributed by atoms with van der Waals surface area (Å²) in [5, 5.41) is 47.0. The number of nitrogens with zero attached hydrogens (tertiary/aromatic N) is 3. The number of carboxylic acid groups (broad SMARTS) is 4. The Bertz CT molecular complexity index is 748. The Morgan fingerprint density at radius 2 is 1.24 bits per heavy atom. The average molecular weight is 413 g/mol. The Hall–Kier alpha value is -3.58. The fourth-order valence-corrected chi connectivity index (χ4v) is 2.69. The maximum atomic E-state index is 11.2. The minimum Gasteiger partial charge on any atom is -0.480 e. The third kappa shape index (κ3) is 8.32. The topological polar surface area (TPSA) is 199 Å². The number of nitro groups is 1. The normalized spacial score (nSPS) is 11.9. The summed E-state index contributed by atoms with van der Waals surface area (Å²) in [7, 11) is 0. The summed E-state index contributed by atoms with van der Waals surface area (Å²) >= 11 is 0. The van der Waals surface area contributed by atoms with Crippen molar-refractivity contribution in [2.45, 2.75) is 6.04 Å². The number of carbonyl (C=O) groups is 4. The molecule has 13 heteroatoms. The maximum Gasteiger partial charge on any atom is 0.317 e. The molecular formula is C16H19N3O10. The monoisotopic (exact) mass is 413 g/mol. The van der Waals surface area contributed by atoms with Crippen molar-refractivity contribution in [2.24, 2.45) is 0 Å². The van der Waals surface area contributed by atoms with E-state index in [0.29, 0.717) is 0 Å². The molecule has 0 aliphatic heterocycles. The second-order valence-corrected chi connectivity index (χ2v) is 6.01. The molecule has 29 heavy (non-hydrogen) atoms. The largest absolute Gasteiger partial charge is 0.480 e. The molecule has 0 aromatic heterocycles. The van der Waals surface area contributed by atoms with Gasteiger partial charge in [0.05, 0.1) is 31.1 Å². The summed E-state index contributed by atoms with van der Waals surface area (Å²) in [6.07, 6.45) is 0. The third-order valence-corrected chi connectivity index (χ3v) is 3.76. The first-order valence-corrected chi connectivity index (χ1v) is 8.07. The minimum atomic E-state index is -1.36. The first kappa shape index (κ1) is 23.5. The van der Waals surface area contributed by atoms with Crippen LogP contribution < -0.4 is 0 Å². The van der Waals surface area contributed by atoms with Crippen LogP contribution in [0.4, 0.5) is 5.69 Å². The summed E-state index contributed by atoms with van der Waals surface area (Å²) in [6, 6.07) is 3.75. The summed E-state index contributed by atoms with van der Waals surface area (Å²) in [5.41, 5.74) is 0.00215. The van der Waals surface area contributed by atoms with E-state index in [0.717, 1.165) is 21.9 Å². The number of nitro benzene ring substituents is 1. The van der Waals surface area contributed by atoms with Gasteiger partial charge in [0, 0.05) is 24.7 Å². The van der Waals surface area contributed by atoms with Crippen molar-refractivity contribution >= 4 is 29.6 Å². The lowest BCUT2D eigenvalue weighted by Crippen LogP contribution is -2.45. The molecule has 0 spiro atoms. The van der Waals surface area contributed by atoms with Crippen LogP contribution in [0.25, 0.3) is 0 Å². The zero-order valence-electron chi connectivity index (χ0n) is 15.0. The minimum absolute atomic E-state index is 0.261. The first-order chi connectivity index (χ1) is 13.5. The molecule has 0 aliphatic carbocycles. The van der Waals surface area contributed by atoms with Crippen molar-refractivity contribution < 1.29 is 44.5 Å². The van der Waals surface area contributed by atoms with E-state index < -0.39 is 61.0 Å². The Labute approximate surface area is 163 Å². The molecule has 1 aromatic carbocycles. The fourth-order valence-electron chi connectivity index (χ4n) is 2.69. The third-order valence-electron chi connectivity index (χ3n) is 3.76. The second kappa shape index (κ2) is 10.7. The number of hydrogen-bond donors (Lipinski definition) is 4.